The molecule has 1 saturated carbocycles. The highest BCUT2D eigenvalue weighted by Crippen LogP contribution is 2.37. The molecule has 2 aliphatic heterocycles. The zero-order valence-electron chi connectivity index (χ0n) is 16.0. The van der Waals surface area contributed by atoms with Crippen molar-refractivity contribution in [3.63, 3.8) is 0 Å². The van der Waals surface area contributed by atoms with E-state index in [4.69, 9.17) is 0 Å². The Morgan fingerprint density at radius 2 is 1.96 bits per heavy atom. The third kappa shape index (κ3) is 4.05. The summed E-state index contributed by atoms with van der Waals surface area (Å²) < 4.78 is 0. The molecule has 6 nitrogen and oxygen atoms in total. The van der Waals surface area contributed by atoms with Crippen LogP contribution in [0.1, 0.15) is 31.7 Å². The Morgan fingerprint density at radius 3 is 2.59 bits per heavy atom. The minimum absolute atomic E-state index is 0.0224. The normalized spacial score (nSPS) is 31.8. The molecule has 1 unspecified atom stereocenters. The van der Waals surface area contributed by atoms with E-state index in [0.29, 0.717) is 12.8 Å². The second-order valence-corrected chi connectivity index (χ2v) is 9.39. The fourth-order valence-electron chi connectivity index (χ4n) is 4.82. The van der Waals surface area contributed by atoms with E-state index in [1.54, 1.807) is 18.3 Å². The SMILES string of the molecule is CC(=O)N1CCC2(CN(Cc3ccsc3)CCN(C(=O)C3CC(O)C3)C2)C1. The van der Waals surface area contributed by atoms with Crippen molar-refractivity contribution in [2.24, 2.45) is 11.3 Å². The first-order valence-electron chi connectivity index (χ1n) is 9.90. The average molecular weight is 392 g/mol. The predicted octanol–water partition coefficient (Wildman–Crippen LogP) is 1.40. The molecule has 1 spiro atoms. The summed E-state index contributed by atoms with van der Waals surface area (Å²) in [7, 11) is 0. The maximum atomic E-state index is 13.0. The van der Waals surface area contributed by atoms with Gasteiger partial charge in [0.2, 0.25) is 11.8 Å². The number of hydrogen-bond acceptors (Lipinski definition) is 5. The van der Waals surface area contributed by atoms with E-state index in [1.165, 1.54) is 5.56 Å². The van der Waals surface area contributed by atoms with Crippen molar-refractivity contribution in [1.82, 2.24) is 14.7 Å². The Hall–Kier alpha value is -1.44. The van der Waals surface area contributed by atoms with Crippen LogP contribution in [0.5, 0.6) is 0 Å². The lowest BCUT2D eigenvalue weighted by Gasteiger charge is -2.38. The Balaban J connectivity index is 1.51. The average Bonchev–Trinajstić information content (AvgIpc) is 3.21. The molecular formula is C20H29N3O3S. The van der Waals surface area contributed by atoms with Crippen LogP contribution >= 0.6 is 11.3 Å². The maximum Gasteiger partial charge on any atom is 0.225 e. The Labute approximate surface area is 164 Å². The van der Waals surface area contributed by atoms with Crippen LogP contribution in [0, 0.1) is 11.3 Å². The monoisotopic (exact) mass is 391 g/mol. The molecule has 1 aliphatic carbocycles. The van der Waals surface area contributed by atoms with E-state index in [0.717, 1.165) is 52.2 Å². The molecule has 3 fully saturated rings. The highest BCUT2D eigenvalue weighted by Gasteiger charge is 2.46. The van der Waals surface area contributed by atoms with Crippen LogP contribution in [0.2, 0.25) is 0 Å². The molecule has 0 radical (unpaired) electrons. The molecule has 0 aromatic carbocycles. The molecular weight excluding hydrogens is 362 g/mol. The summed E-state index contributed by atoms with van der Waals surface area (Å²) in [6.07, 6.45) is 1.83. The number of carbonyl (C=O) groups is 2. The van der Waals surface area contributed by atoms with Crippen LogP contribution in [-0.4, -0.2) is 77.0 Å². The van der Waals surface area contributed by atoms with Crippen molar-refractivity contribution in [3.05, 3.63) is 22.4 Å². The molecule has 4 rings (SSSR count). The van der Waals surface area contributed by atoms with Crippen molar-refractivity contribution in [2.45, 2.75) is 38.8 Å². The van der Waals surface area contributed by atoms with E-state index in [9.17, 15) is 14.7 Å². The van der Waals surface area contributed by atoms with Gasteiger partial charge in [-0.3, -0.25) is 14.5 Å². The Kier molecular flexibility index (Phi) is 5.27. The van der Waals surface area contributed by atoms with E-state index >= 15 is 0 Å². The zero-order chi connectivity index (χ0) is 19.0. The molecule has 2 saturated heterocycles. The summed E-state index contributed by atoms with van der Waals surface area (Å²) in [5.74, 6) is 0.296. The van der Waals surface area contributed by atoms with Crippen LogP contribution < -0.4 is 0 Å². The van der Waals surface area contributed by atoms with Crippen LogP contribution in [0.15, 0.2) is 16.8 Å². The lowest BCUT2D eigenvalue weighted by atomic mass is 9.80. The molecule has 148 valence electrons. The summed E-state index contributed by atoms with van der Waals surface area (Å²) >= 11 is 1.71. The Bertz CT molecular complexity index is 689. The summed E-state index contributed by atoms with van der Waals surface area (Å²) in [6, 6.07) is 2.16. The number of thiophene rings is 1. The first-order valence-corrected chi connectivity index (χ1v) is 10.8. The number of likely N-dealkylation sites (tertiary alicyclic amines) is 1. The topological polar surface area (TPSA) is 64.1 Å². The molecule has 27 heavy (non-hydrogen) atoms. The molecule has 7 heteroatoms. The van der Waals surface area contributed by atoms with Crippen molar-refractivity contribution >= 4 is 23.2 Å². The second-order valence-electron chi connectivity index (χ2n) is 8.61. The third-order valence-corrected chi connectivity index (χ3v) is 7.15. The highest BCUT2D eigenvalue weighted by molar-refractivity contribution is 7.07. The summed E-state index contributed by atoms with van der Waals surface area (Å²) in [6.45, 7) is 7.29. The van der Waals surface area contributed by atoms with Crippen molar-refractivity contribution < 1.29 is 14.7 Å². The van der Waals surface area contributed by atoms with Gasteiger partial charge in [-0.1, -0.05) is 0 Å². The first kappa shape index (κ1) is 18.9. The number of rotatable bonds is 3. The van der Waals surface area contributed by atoms with Gasteiger partial charge in [0.15, 0.2) is 0 Å². The van der Waals surface area contributed by atoms with Gasteiger partial charge < -0.3 is 14.9 Å². The van der Waals surface area contributed by atoms with Gasteiger partial charge in [-0.15, -0.1) is 0 Å². The van der Waals surface area contributed by atoms with Gasteiger partial charge in [0.25, 0.3) is 0 Å². The van der Waals surface area contributed by atoms with E-state index < -0.39 is 0 Å². The number of aliphatic hydroxyl groups is 1. The van der Waals surface area contributed by atoms with Gasteiger partial charge in [0, 0.05) is 64.1 Å². The number of aliphatic hydroxyl groups excluding tert-OH is 1. The van der Waals surface area contributed by atoms with Crippen molar-refractivity contribution in [3.8, 4) is 0 Å². The number of hydrogen-bond donors (Lipinski definition) is 1. The maximum absolute atomic E-state index is 13.0. The van der Waals surface area contributed by atoms with Crippen LogP contribution in [0.4, 0.5) is 0 Å². The van der Waals surface area contributed by atoms with Gasteiger partial charge in [-0.25, -0.2) is 0 Å². The highest BCUT2D eigenvalue weighted by atomic mass is 32.1. The standard InChI is InChI=1S/C20H29N3O3S/c1-15(24)22-4-3-20(13-22)12-21(10-16-2-7-27-11-16)5-6-23(14-20)19(26)17-8-18(25)9-17/h2,7,11,17-18,25H,3-6,8-10,12-14H2,1H3. The van der Waals surface area contributed by atoms with Gasteiger partial charge in [-0.05, 0) is 41.7 Å². The lowest BCUT2D eigenvalue weighted by Crippen LogP contribution is -2.49. The molecule has 0 bridgehead atoms. The van der Waals surface area contributed by atoms with E-state index in [1.807, 2.05) is 9.80 Å². The fraction of sp³-hybridized carbons (Fsp3) is 0.700. The molecule has 1 aromatic rings. The second kappa shape index (κ2) is 7.53. The lowest BCUT2D eigenvalue weighted by molar-refractivity contribution is -0.143. The number of amides is 2. The van der Waals surface area contributed by atoms with Crippen LogP contribution in [0.25, 0.3) is 0 Å². The van der Waals surface area contributed by atoms with Gasteiger partial charge in [-0.2, -0.15) is 11.3 Å². The molecule has 3 aliphatic rings. The minimum Gasteiger partial charge on any atom is -0.393 e. The molecule has 2 amide bonds. The van der Waals surface area contributed by atoms with E-state index in [-0.39, 0.29) is 29.3 Å². The number of carbonyl (C=O) groups excluding carboxylic acids is 2. The number of nitrogens with zero attached hydrogens (tertiary/aromatic N) is 3. The molecule has 1 atom stereocenters. The van der Waals surface area contributed by atoms with E-state index in [2.05, 4.69) is 21.7 Å². The summed E-state index contributed by atoms with van der Waals surface area (Å²) in [5.41, 5.74) is 1.27. The van der Waals surface area contributed by atoms with Crippen molar-refractivity contribution in [1.29, 1.82) is 0 Å². The quantitative estimate of drug-likeness (QED) is 0.846. The van der Waals surface area contributed by atoms with Crippen molar-refractivity contribution in [2.75, 3.05) is 39.3 Å². The van der Waals surface area contributed by atoms with Gasteiger partial charge in [0.1, 0.15) is 0 Å². The van der Waals surface area contributed by atoms with Gasteiger partial charge in [0.05, 0.1) is 6.10 Å². The first-order chi connectivity index (χ1) is 12.9. The summed E-state index contributed by atoms with van der Waals surface area (Å²) in [5, 5.41) is 13.9. The summed E-state index contributed by atoms with van der Waals surface area (Å²) in [4.78, 5) is 31.3. The van der Waals surface area contributed by atoms with Gasteiger partial charge >= 0.3 is 0 Å². The molecule has 1 N–H and O–H groups in total. The smallest absolute Gasteiger partial charge is 0.225 e. The minimum atomic E-state index is -0.310. The zero-order valence-corrected chi connectivity index (χ0v) is 16.8. The van der Waals surface area contributed by atoms with Crippen LogP contribution in [0.3, 0.4) is 0 Å². The molecule has 1 aromatic heterocycles. The predicted molar refractivity (Wildman–Crippen MR) is 104 cm³/mol. The third-order valence-electron chi connectivity index (χ3n) is 6.42. The Morgan fingerprint density at radius 1 is 1.19 bits per heavy atom. The van der Waals surface area contributed by atoms with Crippen LogP contribution in [-0.2, 0) is 16.1 Å². The largest absolute Gasteiger partial charge is 0.393 e. The fourth-order valence-corrected chi connectivity index (χ4v) is 5.48. The molecule has 3 heterocycles.